The number of H-pyrrole nitrogens is 1. The third-order valence-corrected chi connectivity index (χ3v) is 5.16. The molecule has 1 amide bonds. The van der Waals surface area contributed by atoms with Crippen molar-refractivity contribution in [1.29, 1.82) is 0 Å². The van der Waals surface area contributed by atoms with Gasteiger partial charge in [0.15, 0.2) is 11.5 Å². The maximum Gasteiger partial charge on any atom is 0.273 e. The number of aromatic amines is 1. The smallest absolute Gasteiger partial charge is 0.273 e. The van der Waals surface area contributed by atoms with Gasteiger partial charge in [0, 0.05) is 22.7 Å². The van der Waals surface area contributed by atoms with Gasteiger partial charge in [0.1, 0.15) is 17.1 Å². The molecule has 0 aliphatic carbocycles. The van der Waals surface area contributed by atoms with Crippen molar-refractivity contribution in [1.82, 2.24) is 15.1 Å². The molecule has 1 atom stereocenters. The maximum atomic E-state index is 13.0. The third kappa shape index (κ3) is 3.00. The molecule has 3 aromatic rings. The molecule has 4 rings (SSSR count). The summed E-state index contributed by atoms with van der Waals surface area (Å²) in [5, 5.41) is 27.9. The fourth-order valence-corrected chi connectivity index (χ4v) is 3.81. The van der Waals surface area contributed by atoms with Crippen LogP contribution < -0.4 is 4.74 Å². The summed E-state index contributed by atoms with van der Waals surface area (Å²) in [5.41, 5.74) is 2.51. The summed E-state index contributed by atoms with van der Waals surface area (Å²) in [6.45, 7) is 4.05. The molecule has 1 aromatic heterocycles. The zero-order valence-electron chi connectivity index (χ0n) is 15.5. The van der Waals surface area contributed by atoms with Gasteiger partial charge in [-0.1, -0.05) is 23.7 Å². The minimum absolute atomic E-state index is 0.000330. The van der Waals surface area contributed by atoms with E-state index in [2.05, 4.69) is 16.8 Å². The number of hydrogen-bond donors (Lipinski definition) is 3. The van der Waals surface area contributed by atoms with E-state index >= 15 is 0 Å². The third-order valence-electron chi connectivity index (χ3n) is 4.92. The van der Waals surface area contributed by atoms with Crippen molar-refractivity contribution in [2.75, 3.05) is 13.7 Å². The number of benzene rings is 2. The molecule has 1 aliphatic rings. The molecule has 0 spiro atoms. The lowest BCUT2D eigenvalue weighted by molar-refractivity contribution is 0.0764. The van der Waals surface area contributed by atoms with Gasteiger partial charge in [0.25, 0.3) is 5.91 Å². The Morgan fingerprint density at radius 3 is 2.76 bits per heavy atom. The molecule has 0 radical (unpaired) electrons. The Morgan fingerprint density at radius 2 is 2.03 bits per heavy atom. The van der Waals surface area contributed by atoms with E-state index in [-0.39, 0.29) is 23.2 Å². The van der Waals surface area contributed by atoms with Gasteiger partial charge in [0.2, 0.25) is 0 Å². The lowest BCUT2D eigenvalue weighted by Crippen LogP contribution is -2.29. The van der Waals surface area contributed by atoms with Gasteiger partial charge < -0.3 is 19.8 Å². The van der Waals surface area contributed by atoms with E-state index < -0.39 is 6.04 Å². The second-order valence-corrected chi connectivity index (χ2v) is 7.04. The topological polar surface area (TPSA) is 98.7 Å². The number of phenols is 2. The van der Waals surface area contributed by atoms with Crippen molar-refractivity contribution in [3.63, 3.8) is 0 Å². The Morgan fingerprint density at radius 1 is 1.28 bits per heavy atom. The number of amides is 1. The highest BCUT2D eigenvalue weighted by Crippen LogP contribution is 2.46. The highest BCUT2D eigenvalue weighted by molar-refractivity contribution is 6.31. The molecule has 2 aromatic carbocycles. The molecule has 0 fully saturated rings. The molecule has 148 valence electrons. The number of phenolic OH excluding ortho intramolecular Hbond substituents is 2. The van der Waals surface area contributed by atoms with Crippen LogP contribution in [0.4, 0.5) is 0 Å². The molecule has 29 heavy (non-hydrogen) atoms. The predicted molar refractivity (Wildman–Crippen MR) is 108 cm³/mol. The minimum Gasteiger partial charge on any atom is -0.507 e. The number of nitrogens with zero attached hydrogens (tertiary/aromatic N) is 2. The highest BCUT2D eigenvalue weighted by atomic mass is 35.5. The van der Waals surface area contributed by atoms with Crippen LogP contribution in [0.15, 0.2) is 49.1 Å². The van der Waals surface area contributed by atoms with E-state index in [1.165, 1.54) is 19.2 Å². The van der Waals surface area contributed by atoms with E-state index in [4.69, 9.17) is 16.3 Å². The molecule has 7 nitrogen and oxygen atoms in total. The molecule has 0 saturated heterocycles. The molecular formula is C21H18ClN3O4. The molecule has 8 heteroatoms. The van der Waals surface area contributed by atoms with Crippen molar-refractivity contribution in [3.8, 4) is 28.5 Å². The number of hydrogen-bond acceptors (Lipinski definition) is 5. The Balaban J connectivity index is 1.94. The van der Waals surface area contributed by atoms with Gasteiger partial charge in [-0.15, -0.1) is 6.58 Å². The average molecular weight is 412 g/mol. The van der Waals surface area contributed by atoms with Crippen molar-refractivity contribution in [2.45, 2.75) is 6.04 Å². The first-order valence-corrected chi connectivity index (χ1v) is 9.20. The van der Waals surface area contributed by atoms with E-state index in [0.29, 0.717) is 34.1 Å². The molecule has 1 aliphatic heterocycles. The summed E-state index contributed by atoms with van der Waals surface area (Å²) >= 11 is 6.12. The first-order valence-electron chi connectivity index (χ1n) is 8.82. The zero-order chi connectivity index (χ0) is 20.7. The van der Waals surface area contributed by atoms with Gasteiger partial charge in [-0.3, -0.25) is 9.89 Å². The number of aromatic hydroxyl groups is 2. The number of ether oxygens (including phenoxy) is 1. The van der Waals surface area contributed by atoms with Crippen LogP contribution >= 0.6 is 11.6 Å². The minimum atomic E-state index is -0.517. The summed E-state index contributed by atoms with van der Waals surface area (Å²) in [6.07, 6.45) is 1.64. The van der Waals surface area contributed by atoms with Gasteiger partial charge in [-0.25, -0.2) is 0 Å². The lowest BCUT2D eigenvalue weighted by Gasteiger charge is -2.25. The number of methoxy groups -OCH3 is 1. The summed E-state index contributed by atoms with van der Waals surface area (Å²) in [7, 11) is 1.46. The first-order chi connectivity index (χ1) is 14.0. The molecule has 2 heterocycles. The Kier molecular flexibility index (Phi) is 4.68. The van der Waals surface area contributed by atoms with E-state index in [9.17, 15) is 15.0 Å². The SMILES string of the molecule is C=CCN1C(=O)c2[nH]nc(-c3cc(Cl)ccc3O)c2C1c1ccc(O)c(OC)c1. The summed E-state index contributed by atoms with van der Waals surface area (Å²) in [6, 6.07) is 9.04. The number of fused-ring (bicyclic) bond motifs is 1. The fraction of sp³-hybridized carbons (Fsp3) is 0.143. The quantitative estimate of drug-likeness (QED) is 0.553. The van der Waals surface area contributed by atoms with Gasteiger partial charge >= 0.3 is 0 Å². The molecule has 3 N–H and O–H groups in total. The van der Waals surface area contributed by atoms with Crippen LogP contribution in [0, 0.1) is 0 Å². The van der Waals surface area contributed by atoms with Crippen LogP contribution in [0.1, 0.15) is 27.7 Å². The van der Waals surface area contributed by atoms with Crippen molar-refractivity contribution >= 4 is 17.5 Å². The van der Waals surface area contributed by atoms with Crippen LogP contribution in [0.5, 0.6) is 17.2 Å². The molecular weight excluding hydrogens is 394 g/mol. The van der Waals surface area contributed by atoms with Gasteiger partial charge in [-0.05, 0) is 35.9 Å². The van der Waals surface area contributed by atoms with Crippen LogP contribution in [-0.4, -0.2) is 44.9 Å². The second-order valence-electron chi connectivity index (χ2n) is 6.60. The molecule has 1 unspecified atom stereocenters. The molecule has 0 bridgehead atoms. The fourth-order valence-electron chi connectivity index (χ4n) is 3.64. The maximum absolute atomic E-state index is 13.0. The van der Waals surface area contributed by atoms with Crippen LogP contribution in [0.2, 0.25) is 5.02 Å². The highest BCUT2D eigenvalue weighted by Gasteiger charge is 2.42. The summed E-state index contributed by atoms with van der Waals surface area (Å²) in [4.78, 5) is 14.7. The van der Waals surface area contributed by atoms with Crippen molar-refractivity contribution in [2.24, 2.45) is 0 Å². The zero-order valence-corrected chi connectivity index (χ0v) is 16.3. The number of aromatic nitrogens is 2. The monoisotopic (exact) mass is 411 g/mol. The van der Waals surface area contributed by atoms with Crippen molar-refractivity contribution in [3.05, 3.63) is 70.9 Å². The summed E-state index contributed by atoms with van der Waals surface area (Å²) in [5.74, 6) is 0.0473. The number of carbonyl (C=O) groups is 1. The van der Waals surface area contributed by atoms with E-state index in [1.54, 1.807) is 35.2 Å². The molecule has 0 saturated carbocycles. The number of carbonyl (C=O) groups excluding carboxylic acids is 1. The Bertz CT molecular complexity index is 1130. The van der Waals surface area contributed by atoms with E-state index in [0.717, 1.165) is 5.56 Å². The van der Waals surface area contributed by atoms with Crippen LogP contribution in [0.3, 0.4) is 0 Å². The summed E-state index contributed by atoms with van der Waals surface area (Å²) < 4.78 is 5.23. The average Bonchev–Trinajstić information content (AvgIpc) is 3.24. The number of nitrogens with one attached hydrogen (secondary N) is 1. The Hall–Kier alpha value is -3.45. The number of rotatable bonds is 5. The number of halogens is 1. The standard InChI is InChI=1S/C21H18ClN3O4/c1-3-8-25-20(11-4-6-15(27)16(9-11)29-2)17-18(23-24-19(17)21(25)28)13-10-12(22)5-7-14(13)26/h3-7,9-10,20,26-27H,1,8H2,2H3,(H,23,24). The van der Waals surface area contributed by atoms with Crippen LogP contribution in [0.25, 0.3) is 11.3 Å². The first kappa shape index (κ1) is 18.9. The van der Waals surface area contributed by atoms with Crippen molar-refractivity contribution < 1.29 is 19.7 Å². The lowest BCUT2D eigenvalue weighted by atomic mass is 9.95. The normalized spacial score (nSPS) is 15.4. The second kappa shape index (κ2) is 7.18. The van der Waals surface area contributed by atoms with E-state index in [1.807, 2.05) is 0 Å². The van der Waals surface area contributed by atoms with Crippen LogP contribution in [-0.2, 0) is 0 Å². The predicted octanol–water partition coefficient (Wildman–Crippen LogP) is 3.88. The Labute approximate surface area is 171 Å². The largest absolute Gasteiger partial charge is 0.507 e. The van der Waals surface area contributed by atoms with Gasteiger partial charge in [-0.2, -0.15) is 5.10 Å². The van der Waals surface area contributed by atoms with Gasteiger partial charge in [0.05, 0.1) is 13.2 Å².